The van der Waals surface area contributed by atoms with Crippen LogP contribution in [0.3, 0.4) is 0 Å². The lowest BCUT2D eigenvalue weighted by Gasteiger charge is -2.24. The first-order valence-corrected chi connectivity index (χ1v) is 9.75. The Balaban J connectivity index is 0.00000420. The van der Waals surface area contributed by atoms with Crippen molar-refractivity contribution in [3.63, 3.8) is 0 Å². The monoisotopic (exact) mass is 532 g/mol. The van der Waals surface area contributed by atoms with E-state index in [0.717, 1.165) is 17.1 Å². The molecular weight excluding hydrogens is 503 g/mol. The molecule has 0 saturated carbocycles. The van der Waals surface area contributed by atoms with Crippen molar-refractivity contribution in [1.82, 2.24) is 15.1 Å². The molecule has 1 amide bonds. The first-order chi connectivity index (χ1) is 13.4. The molecule has 1 aromatic carbocycles. The van der Waals surface area contributed by atoms with Gasteiger partial charge in [0.15, 0.2) is 5.96 Å². The zero-order valence-corrected chi connectivity index (χ0v) is 20.6. The highest BCUT2D eigenvalue weighted by Gasteiger charge is 2.13. The third-order valence-electron chi connectivity index (χ3n) is 4.13. The number of benzene rings is 1. The lowest BCUT2D eigenvalue weighted by atomic mass is 10.2. The number of guanidine groups is 1. The lowest BCUT2D eigenvalue weighted by molar-refractivity contribution is -0.127. The van der Waals surface area contributed by atoms with Crippen molar-refractivity contribution in [3.05, 3.63) is 46.2 Å². The molecule has 0 aliphatic rings. The van der Waals surface area contributed by atoms with E-state index in [-0.39, 0.29) is 36.4 Å². The number of likely N-dealkylation sites (N-methyl/N-ethyl adjacent to an activating group) is 1. The molecule has 9 heteroatoms. The van der Waals surface area contributed by atoms with Gasteiger partial charge in [-0.1, -0.05) is 6.07 Å². The van der Waals surface area contributed by atoms with Crippen molar-refractivity contribution in [1.29, 1.82) is 0 Å². The van der Waals surface area contributed by atoms with E-state index in [4.69, 9.17) is 9.47 Å². The van der Waals surface area contributed by atoms with Crippen molar-refractivity contribution >= 4 is 47.2 Å². The zero-order chi connectivity index (χ0) is 20.5. The second kappa shape index (κ2) is 12.5. The van der Waals surface area contributed by atoms with Crippen molar-refractivity contribution in [2.75, 3.05) is 41.9 Å². The number of hydrogen-bond acceptors (Lipinski definition) is 5. The molecule has 1 N–H and O–H groups in total. The van der Waals surface area contributed by atoms with Gasteiger partial charge in [-0.3, -0.25) is 4.79 Å². The average molecular weight is 532 g/mol. The predicted molar refractivity (Wildman–Crippen MR) is 129 cm³/mol. The number of amides is 1. The smallest absolute Gasteiger partial charge is 0.243 e. The van der Waals surface area contributed by atoms with Gasteiger partial charge in [-0.05, 0) is 23.6 Å². The number of nitrogens with zero attached hydrogens (tertiary/aromatic N) is 3. The summed E-state index contributed by atoms with van der Waals surface area (Å²) in [4.78, 5) is 21.2. The molecule has 0 unspecified atom stereocenters. The Bertz CT molecular complexity index is 797. The highest BCUT2D eigenvalue weighted by Crippen LogP contribution is 2.25. The summed E-state index contributed by atoms with van der Waals surface area (Å²) >= 11 is 1.67. The van der Waals surface area contributed by atoms with Gasteiger partial charge in [0.2, 0.25) is 5.91 Å². The Morgan fingerprint density at radius 3 is 2.52 bits per heavy atom. The van der Waals surface area contributed by atoms with Gasteiger partial charge < -0.3 is 24.6 Å². The van der Waals surface area contributed by atoms with E-state index < -0.39 is 0 Å². The largest absolute Gasteiger partial charge is 0.497 e. The molecule has 0 spiro atoms. The quantitative estimate of drug-likeness (QED) is 0.322. The molecule has 0 atom stereocenters. The lowest BCUT2D eigenvalue weighted by Crippen LogP contribution is -2.39. The second-order valence-corrected chi connectivity index (χ2v) is 7.43. The van der Waals surface area contributed by atoms with E-state index in [0.29, 0.717) is 19.0 Å². The minimum atomic E-state index is -0.0501. The normalized spacial score (nSPS) is 10.7. The van der Waals surface area contributed by atoms with E-state index >= 15 is 0 Å². The molecule has 7 nitrogen and oxygen atoms in total. The molecule has 0 radical (unpaired) electrons. The topological polar surface area (TPSA) is 66.4 Å². The van der Waals surface area contributed by atoms with Gasteiger partial charge in [0, 0.05) is 44.2 Å². The van der Waals surface area contributed by atoms with Crippen molar-refractivity contribution in [3.8, 4) is 11.5 Å². The van der Waals surface area contributed by atoms with Crippen LogP contribution in [0, 0.1) is 0 Å². The Morgan fingerprint density at radius 1 is 1.17 bits per heavy atom. The SMILES string of the molecule is COc1ccc(CN(C)C(=NCC(=O)N(C)C)NCc2cccs2)c(OC)c1.I. The van der Waals surface area contributed by atoms with Crippen LogP contribution in [0.1, 0.15) is 10.4 Å². The fraction of sp³-hybridized carbons (Fsp3) is 0.400. The van der Waals surface area contributed by atoms with Crippen LogP contribution in [0.5, 0.6) is 11.5 Å². The summed E-state index contributed by atoms with van der Waals surface area (Å²) in [5, 5.41) is 5.38. The van der Waals surface area contributed by atoms with Crippen LogP contribution in [0.25, 0.3) is 0 Å². The third-order valence-corrected chi connectivity index (χ3v) is 5.00. The molecule has 0 aliphatic carbocycles. The first kappa shape index (κ1) is 25.0. The van der Waals surface area contributed by atoms with Gasteiger partial charge in [-0.25, -0.2) is 4.99 Å². The molecule has 0 saturated heterocycles. The van der Waals surface area contributed by atoms with Crippen molar-refractivity contribution < 1.29 is 14.3 Å². The molecule has 2 aromatic rings. The summed E-state index contributed by atoms with van der Waals surface area (Å²) in [5.41, 5.74) is 0.996. The Kier molecular flexibility index (Phi) is 10.8. The first-order valence-electron chi connectivity index (χ1n) is 8.87. The number of halogens is 1. The summed E-state index contributed by atoms with van der Waals surface area (Å²) < 4.78 is 10.8. The maximum Gasteiger partial charge on any atom is 0.243 e. The van der Waals surface area contributed by atoms with E-state index in [2.05, 4.69) is 16.4 Å². The Labute approximate surface area is 193 Å². The molecule has 0 fully saturated rings. The Morgan fingerprint density at radius 2 is 1.93 bits per heavy atom. The van der Waals surface area contributed by atoms with Crippen molar-refractivity contribution in [2.45, 2.75) is 13.1 Å². The highest BCUT2D eigenvalue weighted by atomic mass is 127. The fourth-order valence-corrected chi connectivity index (χ4v) is 3.13. The number of carbonyl (C=O) groups excluding carboxylic acids is 1. The number of nitrogens with one attached hydrogen (secondary N) is 1. The van der Waals surface area contributed by atoms with Crippen LogP contribution in [0.2, 0.25) is 0 Å². The summed E-state index contributed by atoms with van der Waals surface area (Å²) in [5.74, 6) is 2.09. The van der Waals surface area contributed by atoms with Gasteiger partial charge in [0.1, 0.15) is 18.0 Å². The number of thiophene rings is 1. The van der Waals surface area contributed by atoms with Gasteiger partial charge in [-0.15, -0.1) is 35.3 Å². The predicted octanol–water partition coefficient (Wildman–Crippen LogP) is 3.05. The second-order valence-electron chi connectivity index (χ2n) is 6.39. The molecule has 1 aromatic heterocycles. The number of rotatable bonds is 8. The van der Waals surface area contributed by atoms with Crippen molar-refractivity contribution in [2.24, 2.45) is 4.99 Å². The third kappa shape index (κ3) is 7.73. The zero-order valence-electron chi connectivity index (χ0n) is 17.5. The molecule has 29 heavy (non-hydrogen) atoms. The number of ether oxygens (including phenoxy) is 2. The van der Waals surface area contributed by atoms with Gasteiger partial charge >= 0.3 is 0 Å². The average Bonchev–Trinajstić information content (AvgIpc) is 3.21. The van der Waals surface area contributed by atoms with E-state index in [1.54, 1.807) is 39.7 Å². The number of aliphatic imine (C=N–C) groups is 1. The molecule has 0 bridgehead atoms. The highest BCUT2D eigenvalue weighted by molar-refractivity contribution is 14.0. The van der Waals surface area contributed by atoms with Crippen LogP contribution < -0.4 is 14.8 Å². The fourth-order valence-electron chi connectivity index (χ4n) is 2.49. The van der Waals surface area contributed by atoms with Gasteiger partial charge in [-0.2, -0.15) is 0 Å². The molecule has 0 aliphatic heterocycles. The summed E-state index contributed by atoms with van der Waals surface area (Å²) in [7, 11) is 8.65. The number of carbonyl (C=O) groups is 1. The van der Waals surface area contributed by atoms with E-state index in [1.807, 2.05) is 41.6 Å². The van der Waals surface area contributed by atoms with Crippen LogP contribution in [0.4, 0.5) is 0 Å². The standard InChI is InChI=1S/C20H28N4O3S.HI/c1-23(2)19(25)13-22-20(21-12-17-7-6-10-28-17)24(3)14-15-8-9-16(26-4)11-18(15)27-5;/h6-11H,12-14H2,1-5H3,(H,21,22);1H. The van der Waals surface area contributed by atoms with E-state index in [1.165, 1.54) is 9.78 Å². The molecule has 2 rings (SSSR count). The van der Waals surface area contributed by atoms with Gasteiger partial charge in [0.05, 0.1) is 20.8 Å². The van der Waals surface area contributed by atoms with Crippen LogP contribution in [-0.2, 0) is 17.9 Å². The number of methoxy groups -OCH3 is 2. The molecule has 1 heterocycles. The maximum absolute atomic E-state index is 12.0. The summed E-state index contributed by atoms with van der Waals surface area (Å²) in [6.07, 6.45) is 0. The Hall–Kier alpha value is -2.01. The van der Waals surface area contributed by atoms with E-state index in [9.17, 15) is 4.79 Å². The minimum absolute atomic E-state index is 0. The molecule has 160 valence electrons. The molecular formula is C20H29IN4O3S. The summed E-state index contributed by atoms with van der Waals surface area (Å²) in [6.45, 7) is 1.31. The van der Waals surface area contributed by atoms with Gasteiger partial charge in [0.25, 0.3) is 0 Å². The van der Waals surface area contributed by atoms with Crippen LogP contribution in [0.15, 0.2) is 40.7 Å². The number of hydrogen-bond donors (Lipinski definition) is 1. The van der Waals surface area contributed by atoms with Crippen LogP contribution >= 0.6 is 35.3 Å². The maximum atomic E-state index is 12.0. The summed E-state index contributed by atoms with van der Waals surface area (Å²) in [6, 6.07) is 9.80. The van der Waals surface area contributed by atoms with Crippen LogP contribution in [-0.4, -0.2) is 63.6 Å². The minimum Gasteiger partial charge on any atom is -0.497 e.